The molecule has 0 aromatic heterocycles. The number of carbonyl (C=O) groups is 1. The van der Waals surface area contributed by atoms with Crippen LogP contribution in [0.3, 0.4) is 0 Å². The summed E-state index contributed by atoms with van der Waals surface area (Å²) in [5.41, 5.74) is 2.81. The van der Waals surface area contributed by atoms with Crippen molar-refractivity contribution in [2.45, 2.75) is 19.4 Å². The van der Waals surface area contributed by atoms with E-state index in [-0.39, 0.29) is 12.0 Å². The number of amides is 1. The highest BCUT2D eigenvalue weighted by atomic mass is 16.7. The van der Waals surface area contributed by atoms with Crippen LogP contribution in [-0.4, -0.2) is 25.2 Å². The first-order valence-corrected chi connectivity index (χ1v) is 3.95. The number of hydrogen-bond acceptors (Lipinski definition) is 3. The van der Waals surface area contributed by atoms with Gasteiger partial charge in [0, 0.05) is 5.57 Å². The van der Waals surface area contributed by atoms with Crippen molar-refractivity contribution in [3.8, 4) is 0 Å². The van der Waals surface area contributed by atoms with Gasteiger partial charge in [-0.25, -0.2) is 5.48 Å². The van der Waals surface area contributed by atoms with E-state index in [9.17, 15) is 4.79 Å². The molecule has 1 saturated heterocycles. The fraction of sp³-hybridized carbons (Fsp3) is 0.625. The molecule has 0 aromatic carbocycles. The van der Waals surface area contributed by atoms with Crippen LogP contribution in [-0.2, 0) is 14.4 Å². The molecule has 4 heteroatoms. The van der Waals surface area contributed by atoms with E-state index in [1.165, 1.54) is 0 Å². The Morgan fingerprint density at radius 3 is 3.00 bits per heavy atom. The van der Waals surface area contributed by atoms with Gasteiger partial charge in [0.15, 0.2) is 0 Å². The molecule has 1 fully saturated rings. The molecule has 12 heavy (non-hydrogen) atoms. The van der Waals surface area contributed by atoms with Crippen molar-refractivity contribution in [2.24, 2.45) is 0 Å². The molecule has 0 bridgehead atoms. The zero-order valence-electron chi connectivity index (χ0n) is 7.13. The van der Waals surface area contributed by atoms with Gasteiger partial charge in [0.05, 0.1) is 6.61 Å². The van der Waals surface area contributed by atoms with Crippen LogP contribution in [0.1, 0.15) is 13.3 Å². The standard InChI is InChI=1S/C8H13NO3/c1-3-6(2)8(10)9-12-5-7-4-11-7/h7H,2-5H2,1H3,(H,9,10). The Labute approximate surface area is 71.5 Å². The van der Waals surface area contributed by atoms with Crippen LogP contribution in [0.15, 0.2) is 12.2 Å². The Morgan fingerprint density at radius 2 is 2.50 bits per heavy atom. The second kappa shape index (κ2) is 4.23. The van der Waals surface area contributed by atoms with Gasteiger partial charge >= 0.3 is 0 Å². The smallest absolute Gasteiger partial charge is 0.270 e. The number of nitrogens with one attached hydrogen (secondary N) is 1. The van der Waals surface area contributed by atoms with Gasteiger partial charge in [-0.1, -0.05) is 13.5 Å². The maximum Gasteiger partial charge on any atom is 0.270 e. The van der Waals surface area contributed by atoms with Crippen LogP contribution in [0, 0.1) is 0 Å². The van der Waals surface area contributed by atoms with Gasteiger partial charge in [-0.2, -0.15) is 0 Å². The van der Waals surface area contributed by atoms with Crippen molar-refractivity contribution in [1.29, 1.82) is 0 Å². The van der Waals surface area contributed by atoms with Crippen LogP contribution in [0.5, 0.6) is 0 Å². The maximum atomic E-state index is 11.0. The summed E-state index contributed by atoms with van der Waals surface area (Å²) in [5, 5.41) is 0. The van der Waals surface area contributed by atoms with E-state index < -0.39 is 0 Å². The van der Waals surface area contributed by atoms with E-state index in [0.717, 1.165) is 6.61 Å². The predicted molar refractivity (Wildman–Crippen MR) is 43.3 cm³/mol. The summed E-state index contributed by atoms with van der Waals surface area (Å²) in [5.74, 6) is -0.252. The predicted octanol–water partition coefficient (Wildman–Crippen LogP) is 0.399. The number of epoxide rings is 1. The number of rotatable bonds is 5. The number of ether oxygens (including phenoxy) is 1. The zero-order chi connectivity index (χ0) is 8.97. The lowest BCUT2D eigenvalue weighted by atomic mass is 10.2. The molecule has 1 amide bonds. The summed E-state index contributed by atoms with van der Waals surface area (Å²) in [7, 11) is 0. The molecule has 68 valence electrons. The van der Waals surface area contributed by atoms with Crippen molar-refractivity contribution < 1.29 is 14.4 Å². The fourth-order valence-electron chi connectivity index (χ4n) is 0.597. The Hall–Kier alpha value is -0.870. The molecule has 0 radical (unpaired) electrons. The summed E-state index contributed by atoms with van der Waals surface area (Å²) in [6, 6.07) is 0. The van der Waals surface area contributed by atoms with E-state index >= 15 is 0 Å². The Bertz CT molecular complexity index is 187. The van der Waals surface area contributed by atoms with Gasteiger partial charge in [0.2, 0.25) is 0 Å². The van der Waals surface area contributed by atoms with E-state index in [4.69, 9.17) is 9.57 Å². The lowest BCUT2D eigenvalue weighted by Gasteiger charge is -2.04. The van der Waals surface area contributed by atoms with Gasteiger partial charge in [-0.15, -0.1) is 0 Å². The largest absolute Gasteiger partial charge is 0.371 e. The topological polar surface area (TPSA) is 50.9 Å². The molecule has 0 aromatic rings. The summed E-state index contributed by atoms with van der Waals surface area (Å²) in [6.45, 7) is 6.58. The molecule has 1 unspecified atom stereocenters. The first-order chi connectivity index (χ1) is 5.74. The molecule has 1 heterocycles. The van der Waals surface area contributed by atoms with Crippen molar-refractivity contribution in [2.75, 3.05) is 13.2 Å². The Balaban J connectivity index is 2.04. The molecule has 0 spiro atoms. The monoisotopic (exact) mass is 171 g/mol. The SMILES string of the molecule is C=C(CC)C(=O)NOCC1CO1. The molecule has 1 rings (SSSR count). The molecular weight excluding hydrogens is 158 g/mol. The van der Waals surface area contributed by atoms with Crippen molar-refractivity contribution in [3.63, 3.8) is 0 Å². The molecule has 1 atom stereocenters. The van der Waals surface area contributed by atoms with Crippen LogP contribution in [0.2, 0.25) is 0 Å². The van der Waals surface area contributed by atoms with E-state index in [1.54, 1.807) is 0 Å². The van der Waals surface area contributed by atoms with Gasteiger partial charge in [-0.3, -0.25) is 9.63 Å². The second-order valence-corrected chi connectivity index (χ2v) is 2.65. The van der Waals surface area contributed by atoms with E-state index in [1.807, 2.05) is 6.92 Å². The molecule has 1 aliphatic rings. The molecular formula is C8H13NO3. The highest BCUT2D eigenvalue weighted by Crippen LogP contribution is 2.07. The summed E-state index contributed by atoms with van der Waals surface area (Å²) in [6.07, 6.45) is 0.801. The van der Waals surface area contributed by atoms with Crippen LogP contribution in [0.25, 0.3) is 0 Å². The van der Waals surface area contributed by atoms with Gasteiger partial charge in [0.1, 0.15) is 12.7 Å². The van der Waals surface area contributed by atoms with E-state index in [0.29, 0.717) is 18.6 Å². The molecule has 1 N–H and O–H groups in total. The van der Waals surface area contributed by atoms with Crippen molar-refractivity contribution >= 4 is 5.91 Å². The van der Waals surface area contributed by atoms with Crippen LogP contribution in [0.4, 0.5) is 0 Å². The summed E-state index contributed by atoms with van der Waals surface area (Å²) < 4.78 is 4.88. The first-order valence-electron chi connectivity index (χ1n) is 3.95. The molecule has 0 saturated carbocycles. The molecule has 0 aliphatic carbocycles. The zero-order valence-corrected chi connectivity index (χ0v) is 7.13. The van der Waals surface area contributed by atoms with E-state index in [2.05, 4.69) is 12.1 Å². The Kier molecular flexibility index (Phi) is 3.25. The van der Waals surface area contributed by atoms with Crippen molar-refractivity contribution in [3.05, 3.63) is 12.2 Å². The molecule has 4 nitrogen and oxygen atoms in total. The normalized spacial score (nSPS) is 20.2. The number of carbonyl (C=O) groups excluding carboxylic acids is 1. The van der Waals surface area contributed by atoms with Crippen LogP contribution >= 0.6 is 0 Å². The quantitative estimate of drug-likeness (QED) is 0.370. The second-order valence-electron chi connectivity index (χ2n) is 2.65. The summed E-state index contributed by atoms with van der Waals surface area (Å²) >= 11 is 0. The van der Waals surface area contributed by atoms with Gasteiger partial charge < -0.3 is 4.74 Å². The Morgan fingerprint density at radius 1 is 1.83 bits per heavy atom. The van der Waals surface area contributed by atoms with Gasteiger partial charge in [0.25, 0.3) is 5.91 Å². The minimum absolute atomic E-state index is 0.167. The number of hydrogen-bond donors (Lipinski definition) is 1. The highest BCUT2D eigenvalue weighted by molar-refractivity contribution is 5.91. The maximum absolute atomic E-state index is 11.0. The third-order valence-corrected chi connectivity index (χ3v) is 1.58. The van der Waals surface area contributed by atoms with Gasteiger partial charge in [-0.05, 0) is 6.42 Å². The lowest BCUT2D eigenvalue weighted by Crippen LogP contribution is -2.26. The third-order valence-electron chi connectivity index (χ3n) is 1.58. The number of hydroxylamine groups is 1. The van der Waals surface area contributed by atoms with Crippen molar-refractivity contribution in [1.82, 2.24) is 5.48 Å². The minimum atomic E-state index is -0.252. The average Bonchev–Trinajstić information content (AvgIpc) is 2.86. The molecule has 1 aliphatic heterocycles. The highest BCUT2D eigenvalue weighted by Gasteiger charge is 2.22. The fourth-order valence-corrected chi connectivity index (χ4v) is 0.597. The van der Waals surface area contributed by atoms with Crippen LogP contribution < -0.4 is 5.48 Å². The lowest BCUT2D eigenvalue weighted by molar-refractivity contribution is -0.130. The average molecular weight is 171 g/mol. The minimum Gasteiger partial charge on any atom is -0.371 e. The summed E-state index contributed by atoms with van der Waals surface area (Å²) in [4.78, 5) is 15.9. The first kappa shape index (κ1) is 9.22. The third kappa shape index (κ3) is 3.02.